The van der Waals surface area contributed by atoms with Crippen molar-refractivity contribution < 1.29 is 19.2 Å². The Morgan fingerprint density at radius 3 is 0.758 bits per heavy atom. The van der Waals surface area contributed by atoms with Crippen LogP contribution in [0.4, 0.5) is 19.2 Å². The van der Waals surface area contributed by atoms with E-state index < -0.39 is 46.8 Å². The van der Waals surface area contributed by atoms with E-state index in [9.17, 15) is 0 Å². The zero-order chi connectivity index (χ0) is 41.6. The molecule has 62 heavy (non-hydrogen) atoms. The van der Waals surface area contributed by atoms with E-state index in [2.05, 4.69) is 0 Å². The van der Waals surface area contributed by atoms with Crippen molar-refractivity contribution in [2.75, 3.05) is 13.3 Å². The minimum absolute atomic E-state index is 0.116. The van der Waals surface area contributed by atoms with Crippen LogP contribution in [0.3, 0.4) is 0 Å². The number of hydrogen-bond donors (Lipinski definition) is 0. The normalized spacial score (nSPS) is 27.7. The molecule has 6 aromatic rings. The molecule has 7 aliphatic heterocycles. The van der Waals surface area contributed by atoms with Gasteiger partial charge in [0.1, 0.15) is 13.3 Å². The number of hydrogen-bond acceptors (Lipinski definition) is 8. The van der Waals surface area contributed by atoms with Crippen LogP contribution in [-0.2, 0) is 48.8 Å². The maximum Gasteiger partial charge on any atom is 0.326 e. The van der Waals surface area contributed by atoms with Gasteiger partial charge < -0.3 is 0 Å². The van der Waals surface area contributed by atoms with E-state index in [1.54, 1.807) is 88.3 Å². The molecule has 2 aromatic carbocycles. The molecule has 0 N–H and O–H groups in total. The molecule has 5 saturated heterocycles. The topological polar surface area (TPSA) is 146 Å². The second kappa shape index (κ2) is 11.9. The smallest absolute Gasteiger partial charge is 0.287 e. The number of aromatic nitrogens is 4. The first-order valence-electron chi connectivity index (χ1n) is 20.6. The number of carbonyl (C=O) groups is 4. The van der Waals surface area contributed by atoms with Gasteiger partial charge in [0.05, 0.1) is 49.0 Å². The maximum absolute atomic E-state index is 16.2. The van der Waals surface area contributed by atoms with Crippen molar-refractivity contribution in [3.05, 3.63) is 191 Å². The number of rotatable bonds is 4. The molecule has 0 saturated carbocycles. The highest BCUT2D eigenvalue weighted by Gasteiger charge is 2.87. The molecule has 4 aromatic heterocycles. The summed E-state index contributed by atoms with van der Waals surface area (Å²) < 4.78 is 0. The summed E-state index contributed by atoms with van der Waals surface area (Å²) in [6.07, 6.45) is 6.59. The SMILES string of the molecule is O=C1N2Cc3ccccc3CN3C(=O)N4CN5C(=O)N6Cc7ccccc7CN7C(=O)N(CN1C4(c1ccccn1)C23c1ccccn1)C5(c1ccccn1)C76c1ccccn1. The quantitative estimate of drug-likeness (QED) is 0.234. The van der Waals surface area contributed by atoms with Crippen molar-refractivity contribution in [2.45, 2.75) is 48.8 Å². The van der Waals surface area contributed by atoms with Gasteiger partial charge in [-0.1, -0.05) is 72.8 Å². The average molecular weight is 821 g/mol. The zero-order valence-corrected chi connectivity index (χ0v) is 33.1. The first-order chi connectivity index (χ1) is 30.4. The molecule has 16 nitrogen and oxygen atoms in total. The lowest BCUT2D eigenvalue weighted by Gasteiger charge is -2.54. The summed E-state index contributed by atoms with van der Waals surface area (Å²) in [5.41, 5.74) is -1.84. The molecule has 5 fully saturated rings. The van der Waals surface area contributed by atoms with E-state index in [0.717, 1.165) is 22.3 Å². The molecule has 16 heteroatoms. The third-order valence-corrected chi connectivity index (χ3v) is 14.1. The fourth-order valence-electron chi connectivity index (χ4n) is 12.0. The van der Waals surface area contributed by atoms with Crippen LogP contribution < -0.4 is 0 Å². The van der Waals surface area contributed by atoms with Crippen molar-refractivity contribution in [3.63, 3.8) is 0 Å². The van der Waals surface area contributed by atoms with Gasteiger partial charge >= 0.3 is 24.1 Å². The Morgan fingerprint density at radius 1 is 0.306 bits per heavy atom. The molecular weight excluding hydrogens is 785 g/mol. The molecule has 0 unspecified atom stereocenters. The molecule has 11 heterocycles. The zero-order valence-electron chi connectivity index (χ0n) is 33.1. The number of amides is 8. The fraction of sp³-hybridized carbons (Fsp3) is 0.217. The number of urea groups is 4. The third-order valence-electron chi connectivity index (χ3n) is 14.1. The van der Waals surface area contributed by atoms with Crippen molar-refractivity contribution in [1.29, 1.82) is 0 Å². The summed E-state index contributed by atoms with van der Waals surface area (Å²) in [7, 11) is 0. The van der Waals surface area contributed by atoms with E-state index in [0.29, 0.717) is 22.8 Å². The molecule has 8 amide bonds. The van der Waals surface area contributed by atoms with Crippen molar-refractivity contribution in [1.82, 2.24) is 59.1 Å². The van der Waals surface area contributed by atoms with Gasteiger partial charge in [0.2, 0.25) is 22.7 Å². The molecule has 0 aliphatic carbocycles. The van der Waals surface area contributed by atoms with Crippen LogP contribution in [0, 0.1) is 0 Å². The van der Waals surface area contributed by atoms with Crippen LogP contribution in [0.15, 0.2) is 146 Å². The molecule has 0 spiro atoms. The lowest BCUT2D eigenvalue weighted by Crippen LogP contribution is -2.72. The highest BCUT2D eigenvalue weighted by molar-refractivity contribution is 5.94. The van der Waals surface area contributed by atoms with E-state index in [1.807, 2.05) is 97.1 Å². The Morgan fingerprint density at radius 2 is 0.532 bits per heavy atom. The Hall–Kier alpha value is -7.88. The van der Waals surface area contributed by atoms with Gasteiger partial charge in [-0.05, 0) is 70.8 Å². The number of fused-ring (bicyclic) bond motifs is 2. The fourth-order valence-corrected chi connectivity index (χ4v) is 12.0. The lowest BCUT2D eigenvalue weighted by atomic mass is 9.82. The molecular formula is C46H36N12O4. The Kier molecular flexibility index (Phi) is 6.70. The van der Waals surface area contributed by atoms with Crippen LogP contribution in [-0.4, -0.2) is 96.6 Å². The van der Waals surface area contributed by atoms with E-state index in [4.69, 9.17) is 19.9 Å². The van der Waals surface area contributed by atoms with Crippen LogP contribution in [0.2, 0.25) is 0 Å². The van der Waals surface area contributed by atoms with Gasteiger partial charge in [-0.3, -0.25) is 59.1 Å². The lowest BCUT2D eigenvalue weighted by molar-refractivity contribution is -0.161. The highest BCUT2D eigenvalue weighted by atomic mass is 16.2. The van der Waals surface area contributed by atoms with Crippen LogP contribution >= 0.6 is 0 Å². The number of pyridine rings is 4. The minimum Gasteiger partial charge on any atom is -0.287 e. The van der Waals surface area contributed by atoms with Crippen molar-refractivity contribution in [2.24, 2.45) is 0 Å². The number of nitrogens with zero attached hydrogens (tertiary/aromatic N) is 12. The average Bonchev–Trinajstić information content (AvgIpc) is 3.69. The monoisotopic (exact) mass is 820 g/mol. The van der Waals surface area contributed by atoms with Crippen LogP contribution in [0.5, 0.6) is 0 Å². The summed E-state index contributed by atoms with van der Waals surface area (Å²) in [6, 6.07) is 35.6. The van der Waals surface area contributed by atoms with E-state index in [-0.39, 0.29) is 39.5 Å². The summed E-state index contributed by atoms with van der Waals surface area (Å²) in [5.74, 6) is 0. The summed E-state index contributed by atoms with van der Waals surface area (Å²) >= 11 is 0. The highest BCUT2D eigenvalue weighted by Crippen LogP contribution is 2.68. The molecule has 304 valence electrons. The Labute approximate surface area is 354 Å². The van der Waals surface area contributed by atoms with Crippen molar-refractivity contribution in [3.8, 4) is 0 Å². The Bertz CT molecular complexity index is 2590. The van der Waals surface area contributed by atoms with Crippen LogP contribution in [0.25, 0.3) is 0 Å². The van der Waals surface area contributed by atoms with E-state index in [1.165, 1.54) is 0 Å². The molecule has 0 radical (unpaired) electrons. The van der Waals surface area contributed by atoms with E-state index >= 15 is 19.2 Å². The predicted octanol–water partition coefficient (Wildman–Crippen LogP) is 5.29. The van der Waals surface area contributed by atoms with Crippen LogP contribution in [0.1, 0.15) is 45.0 Å². The van der Waals surface area contributed by atoms with Gasteiger partial charge in [0, 0.05) is 24.8 Å². The molecule has 7 aliphatic rings. The minimum atomic E-state index is -1.80. The third kappa shape index (κ3) is 3.69. The Balaban J connectivity index is 1.17. The summed E-state index contributed by atoms with van der Waals surface area (Å²) in [5, 5.41) is 0. The molecule has 13 rings (SSSR count). The summed E-state index contributed by atoms with van der Waals surface area (Å²) in [6.45, 7) is -0.315. The van der Waals surface area contributed by atoms with Gasteiger partial charge in [-0.2, -0.15) is 0 Å². The van der Waals surface area contributed by atoms with Crippen molar-refractivity contribution >= 4 is 24.1 Å². The van der Waals surface area contributed by atoms with Gasteiger partial charge in [-0.25, -0.2) is 19.2 Å². The van der Waals surface area contributed by atoms with Gasteiger partial charge in [0.25, 0.3) is 0 Å². The number of benzene rings is 2. The largest absolute Gasteiger partial charge is 0.326 e. The standard InChI is InChI=1S/C46H36N12O4/c59-39-51-25-31-13-1-2-14-32(31)26-52-40(60)56-30-58-42(62)54-28-34-16-4-3-15-33(34)27-53-41(61)57(46(58,38-20-8-12-24-50-38)44(53,54)36-18-6-10-22-48-36)29-55(39)45(56,37-19-7-11-23-49-37)43(51,52)35-17-5-9-21-47-35/h1-24H,25-30H2. The second-order valence-electron chi connectivity index (χ2n) is 16.6. The number of carbonyl (C=O) groups excluding carboxylic acids is 4. The maximum atomic E-state index is 16.2. The second-order valence-corrected chi connectivity index (χ2v) is 16.6. The molecule has 0 bridgehead atoms. The predicted molar refractivity (Wildman–Crippen MR) is 217 cm³/mol. The molecule has 0 atom stereocenters. The summed E-state index contributed by atoms with van der Waals surface area (Å²) in [4.78, 5) is 98.0. The van der Waals surface area contributed by atoms with Gasteiger partial charge in [0.15, 0.2) is 0 Å². The first kappa shape index (κ1) is 34.9. The van der Waals surface area contributed by atoms with Gasteiger partial charge in [-0.15, -0.1) is 0 Å². The first-order valence-corrected chi connectivity index (χ1v) is 20.6.